The summed E-state index contributed by atoms with van der Waals surface area (Å²) in [4.78, 5) is 14.0. The van der Waals surface area contributed by atoms with Crippen LogP contribution in [0.25, 0.3) is 0 Å². The smallest absolute Gasteiger partial charge is 0.225 e. The van der Waals surface area contributed by atoms with E-state index in [1.54, 1.807) is 6.08 Å². The Labute approximate surface area is 109 Å². The Morgan fingerprint density at radius 3 is 2.82 bits per heavy atom. The van der Waals surface area contributed by atoms with Crippen molar-refractivity contribution in [1.82, 2.24) is 10.2 Å². The van der Waals surface area contributed by atoms with Crippen LogP contribution >= 0.6 is 12.4 Å². The zero-order valence-corrected chi connectivity index (χ0v) is 10.9. The molecule has 1 N–H and O–H groups in total. The molecule has 1 saturated heterocycles. The van der Waals surface area contributed by atoms with Gasteiger partial charge in [0.05, 0.1) is 19.1 Å². The van der Waals surface area contributed by atoms with Gasteiger partial charge in [-0.1, -0.05) is 6.08 Å². The second kappa shape index (κ2) is 6.99. The summed E-state index contributed by atoms with van der Waals surface area (Å²) in [5, 5.41) is 3.24. The number of rotatable bonds is 5. The van der Waals surface area contributed by atoms with Crippen LogP contribution in [-0.2, 0) is 9.53 Å². The summed E-state index contributed by atoms with van der Waals surface area (Å²) < 4.78 is 5.54. The molecule has 98 valence electrons. The van der Waals surface area contributed by atoms with Crippen molar-refractivity contribution in [2.24, 2.45) is 0 Å². The first-order valence-corrected chi connectivity index (χ1v) is 6.04. The van der Waals surface area contributed by atoms with Gasteiger partial charge in [-0.15, -0.1) is 19.0 Å². The van der Waals surface area contributed by atoms with Gasteiger partial charge in [-0.2, -0.15) is 0 Å². The molecule has 0 aromatic rings. The van der Waals surface area contributed by atoms with Crippen LogP contribution in [0, 0.1) is 0 Å². The highest BCUT2D eigenvalue weighted by atomic mass is 35.5. The highest BCUT2D eigenvalue weighted by molar-refractivity contribution is 5.85. The zero-order valence-electron chi connectivity index (χ0n) is 10.1. The number of morpholine rings is 1. The average Bonchev–Trinajstić information content (AvgIpc) is 3.11. The summed E-state index contributed by atoms with van der Waals surface area (Å²) in [6, 6.07) is 0.460. The van der Waals surface area contributed by atoms with Crippen LogP contribution in [0.2, 0.25) is 0 Å². The van der Waals surface area contributed by atoms with Gasteiger partial charge in [0.25, 0.3) is 0 Å². The standard InChI is InChI=1S/C12H20N2O2.ClH/c1-2-6-14(10-3-4-10)12(15)8-11-9-13-5-7-16-11;/h2,10-11,13H,1,3-9H2;1H. The Morgan fingerprint density at radius 2 is 2.29 bits per heavy atom. The number of nitrogens with zero attached hydrogens (tertiary/aromatic N) is 1. The number of hydrogen-bond donors (Lipinski definition) is 1. The molecule has 2 aliphatic rings. The van der Waals surface area contributed by atoms with Crippen LogP contribution < -0.4 is 5.32 Å². The summed E-state index contributed by atoms with van der Waals surface area (Å²) in [6.45, 7) is 6.77. The van der Waals surface area contributed by atoms with E-state index in [0.717, 1.165) is 25.9 Å². The van der Waals surface area contributed by atoms with E-state index in [0.29, 0.717) is 25.6 Å². The van der Waals surface area contributed by atoms with Crippen LogP contribution in [0.3, 0.4) is 0 Å². The summed E-state index contributed by atoms with van der Waals surface area (Å²) in [6.07, 6.45) is 4.63. The summed E-state index contributed by atoms with van der Waals surface area (Å²) >= 11 is 0. The second-order valence-corrected chi connectivity index (χ2v) is 4.47. The van der Waals surface area contributed by atoms with Crippen molar-refractivity contribution in [3.05, 3.63) is 12.7 Å². The number of carbonyl (C=O) groups excluding carboxylic acids is 1. The molecule has 5 heteroatoms. The third-order valence-electron chi connectivity index (χ3n) is 3.04. The third-order valence-corrected chi connectivity index (χ3v) is 3.04. The molecule has 0 radical (unpaired) electrons. The SMILES string of the molecule is C=CCN(C(=O)CC1CNCCO1)C1CC1.Cl. The third kappa shape index (κ3) is 4.30. The number of carbonyl (C=O) groups is 1. The summed E-state index contributed by atoms with van der Waals surface area (Å²) in [5.74, 6) is 0.205. The van der Waals surface area contributed by atoms with Crippen molar-refractivity contribution in [1.29, 1.82) is 0 Å². The Kier molecular flexibility index (Phi) is 5.95. The van der Waals surface area contributed by atoms with E-state index in [2.05, 4.69) is 11.9 Å². The van der Waals surface area contributed by atoms with E-state index < -0.39 is 0 Å². The van der Waals surface area contributed by atoms with Crippen molar-refractivity contribution in [2.45, 2.75) is 31.4 Å². The lowest BCUT2D eigenvalue weighted by Crippen LogP contribution is -2.43. The van der Waals surface area contributed by atoms with Crippen LogP contribution in [0.15, 0.2) is 12.7 Å². The molecule has 2 fully saturated rings. The largest absolute Gasteiger partial charge is 0.375 e. The fraction of sp³-hybridized carbons (Fsp3) is 0.750. The van der Waals surface area contributed by atoms with Crippen molar-refractivity contribution in [2.75, 3.05) is 26.2 Å². The first-order valence-electron chi connectivity index (χ1n) is 6.04. The molecule has 0 aromatic carbocycles. The predicted octanol–water partition coefficient (Wildman–Crippen LogP) is 0.964. The molecule has 17 heavy (non-hydrogen) atoms. The monoisotopic (exact) mass is 260 g/mol. The maximum Gasteiger partial charge on any atom is 0.225 e. The van der Waals surface area contributed by atoms with Crippen LogP contribution in [0.1, 0.15) is 19.3 Å². The lowest BCUT2D eigenvalue weighted by Gasteiger charge is -2.27. The van der Waals surface area contributed by atoms with Gasteiger partial charge in [-0.25, -0.2) is 0 Å². The Balaban J connectivity index is 0.00000144. The van der Waals surface area contributed by atoms with Crippen LogP contribution in [0.5, 0.6) is 0 Å². The van der Waals surface area contributed by atoms with Crippen LogP contribution in [0.4, 0.5) is 0 Å². The number of nitrogens with one attached hydrogen (secondary N) is 1. The van der Waals surface area contributed by atoms with E-state index in [9.17, 15) is 4.79 Å². The fourth-order valence-corrected chi connectivity index (χ4v) is 2.04. The molecule has 0 aromatic heterocycles. The number of amides is 1. The van der Waals surface area contributed by atoms with Gasteiger partial charge >= 0.3 is 0 Å². The predicted molar refractivity (Wildman–Crippen MR) is 69.4 cm³/mol. The maximum absolute atomic E-state index is 12.1. The first kappa shape index (κ1) is 14.5. The normalized spacial score (nSPS) is 23.6. The van der Waals surface area contributed by atoms with Gasteiger partial charge < -0.3 is 15.0 Å². The van der Waals surface area contributed by atoms with Gasteiger partial charge in [0.2, 0.25) is 5.91 Å². The fourth-order valence-electron chi connectivity index (χ4n) is 2.04. The molecule has 0 spiro atoms. The molecule has 1 saturated carbocycles. The van der Waals surface area contributed by atoms with Gasteiger partial charge in [0, 0.05) is 25.7 Å². The molecule has 1 unspecified atom stereocenters. The number of hydrogen-bond acceptors (Lipinski definition) is 3. The van der Waals surface area contributed by atoms with E-state index in [4.69, 9.17) is 4.74 Å². The molecule has 1 atom stereocenters. The van der Waals surface area contributed by atoms with E-state index in [-0.39, 0.29) is 24.4 Å². The van der Waals surface area contributed by atoms with E-state index >= 15 is 0 Å². The summed E-state index contributed by atoms with van der Waals surface area (Å²) in [7, 11) is 0. The van der Waals surface area contributed by atoms with Gasteiger partial charge in [0.15, 0.2) is 0 Å². The van der Waals surface area contributed by atoms with Crippen molar-refractivity contribution in [3.8, 4) is 0 Å². The van der Waals surface area contributed by atoms with Crippen molar-refractivity contribution < 1.29 is 9.53 Å². The molecule has 4 nitrogen and oxygen atoms in total. The summed E-state index contributed by atoms with van der Waals surface area (Å²) in [5.41, 5.74) is 0. The minimum atomic E-state index is 0. The second-order valence-electron chi connectivity index (χ2n) is 4.47. The Morgan fingerprint density at radius 1 is 1.53 bits per heavy atom. The van der Waals surface area contributed by atoms with Crippen LogP contribution in [-0.4, -0.2) is 49.2 Å². The molecular weight excluding hydrogens is 240 g/mol. The minimum Gasteiger partial charge on any atom is -0.375 e. The first-order chi connectivity index (χ1) is 7.81. The quantitative estimate of drug-likeness (QED) is 0.749. The molecular formula is C12H21ClN2O2. The number of ether oxygens (including phenoxy) is 1. The van der Waals surface area contributed by atoms with E-state index in [1.165, 1.54) is 0 Å². The van der Waals surface area contributed by atoms with Crippen molar-refractivity contribution in [3.63, 3.8) is 0 Å². The highest BCUT2D eigenvalue weighted by Gasteiger charge is 2.32. The average molecular weight is 261 g/mol. The molecule has 0 bridgehead atoms. The molecule has 1 amide bonds. The zero-order chi connectivity index (χ0) is 11.4. The van der Waals surface area contributed by atoms with Gasteiger partial charge in [-0.3, -0.25) is 4.79 Å². The Bertz CT molecular complexity index is 263. The van der Waals surface area contributed by atoms with Crippen molar-refractivity contribution >= 4 is 18.3 Å². The van der Waals surface area contributed by atoms with Gasteiger partial charge in [-0.05, 0) is 12.8 Å². The van der Waals surface area contributed by atoms with Gasteiger partial charge in [0.1, 0.15) is 0 Å². The molecule has 2 rings (SSSR count). The van der Waals surface area contributed by atoms with E-state index in [1.807, 2.05) is 4.90 Å². The topological polar surface area (TPSA) is 41.6 Å². The number of halogens is 1. The highest BCUT2D eigenvalue weighted by Crippen LogP contribution is 2.27. The maximum atomic E-state index is 12.1. The molecule has 1 heterocycles. The minimum absolute atomic E-state index is 0. The lowest BCUT2D eigenvalue weighted by molar-refractivity contribution is -0.134. The molecule has 1 aliphatic carbocycles. The molecule has 1 aliphatic heterocycles. The Hall–Kier alpha value is -0.580. The lowest BCUT2D eigenvalue weighted by atomic mass is 10.2.